The molecule has 0 unspecified atom stereocenters. The van der Waals surface area contributed by atoms with Gasteiger partial charge in [-0.05, 0) is 29.8 Å². The van der Waals surface area contributed by atoms with E-state index in [-0.39, 0.29) is 24.8 Å². The zero-order valence-electron chi connectivity index (χ0n) is 13.7. The number of hydrogen-bond acceptors (Lipinski definition) is 6. The summed E-state index contributed by atoms with van der Waals surface area (Å²) in [5, 5.41) is 7.54. The SMILES string of the molecule is COc1cc(COc2ncccc2C(=N)N)cc(OC)c1OC.Cl. The fourth-order valence-corrected chi connectivity index (χ4v) is 2.08. The van der Waals surface area contributed by atoms with E-state index in [0.29, 0.717) is 28.7 Å². The van der Waals surface area contributed by atoms with Crippen molar-refractivity contribution in [3.63, 3.8) is 0 Å². The van der Waals surface area contributed by atoms with Crippen LogP contribution in [0.15, 0.2) is 30.5 Å². The predicted molar refractivity (Wildman–Crippen MR) is 92.9 cm³/mol. The van der Waals surface area contributed by atoms with Crippen molar-refractivity contribution in [2.45, 2.75) is 6.61 Å². The maximum atomic E-state index is 7.54. The lowest BCUT2D eigenvalue weighted by Gasteiger charge is -2.15. The number of nitrogens with two attached hydrogens (primary N) is 1. The van der Waals surface area contributed by atoms with Crippen LogP contribution in [0.1, 0.15) is 11.1 Å². The highest BCUT2D eigenvalue weighted by atomic mass is 35.5. The molecular weight excluding hydrogens is 334 g/mol. The first-order chi connectivity index (χ1) is 11.1. The molecule has 0 amide bonds. The Morgan fingerprint density at radius 3 is 2.25 bits per heavy atom. The van der Waals surface area contributed by atoms with Crippen LogP contribution in [0.2, 0.25) is 0 Å². The summed E-state index contributed by atoms with van der Waals surface area (Å²) in [7, 11) is 4.65. The smallest absolute Gasteiger partial charge is 0.224 e. The summed E-state index contributed by atoms with van der Waals surface area (Å²) in [6.07, 6.45) is 1.58. The molecule has 0 saturated heterocycles. The Labute approximate surface area is 146 Å². The third kappa shape index (κ3) is 4.20. The molecule has 3 N–H and O–H groups in total. The Morgan fingerprint density at radius 1 is 1.12 bits per heavy atom. The maximum Gasteiger partial charge on any atom is 0.224 e. The number of methoxy groups -OCH3 is 3. The molecule has 130 valence electrons. The van der Waals surface area contributed by atoms with Gasteiger partial charge >= 0.3 is 0 Å². The molecule has 0 aliphatic carbocycles. The van der Waals surface area contributed by atoms with Crippen molar-refractivity contribution in [2.75, 3.05) is 21.3 Å². The minimum Gasteiger partial charge on any atom is -0.493 e. The van der Waals surface area contributed by atoms with Gasteiger partial charge < -0.3 is 24.7 Å². The third-order valence-corrected chi connectivity index (χ3v) is 3.16. The molecule has 0 spiro atoms. The largest absolute Gasteiger partial charge is 0.493 e. The normalized spacial score (nSPS) is 9.62. The Bertz CT molecular complexity index is 684. The van der Waals surface area contributed by atoms with Crippen molar-refractivity contribution in [3.8, 4) is 23.1 Å². The molecule has 0 aliphatic rings. The van der Waals surface area contributed by atoms with Gasteiger partial charge in [0.2, 0.25) is 11.6 Å². The highest BCUT2D eigenvalue weighted by Crippen LogP contribution is 2.38. The van der Waals surface area contributed by atoms with Crippen molar-refractivity contribution in [2.24, 2.45) is 5.73 Å². The summed E-state index contributed by atoms with van der Waals surface area (Å²) in [6.45, 7) is 0.216. The van der Waals surface area contributed by atoms with E-state index in [2.05, 4.69) is 4.98 Å². The molecule has 8 heteroatoms. The third-order valence-electron chi connectivity index (χ3n) is 3.16. The van der Waals surface area contributed by atoms with E-state index < -0.39 is 0 Å². The van der Waals surface area contributed by atoms with Crippen LogP contribution in [0.5, 0.6) is 23.1 Å². The molecule has 0 saturated carbocycles. The van der Waals surface area contributed by atoms with Crippen molar-refractivity contribution < 1.29 is 18.9 Å². The number of benzene rings is 1. The van der Waals surface area contributed by atoms with E-state index >= 15 is 0 Å². The van der Waals surface area contributed by atoms with Gasteiger partial charge in [0.15, 0.2) is 11.5 Å². The van der Waals surface area contributed by atoms with Gasteiger partial charge in [0.05, 0.1) is 26.9 Å². The molecule has 0 radical (unpaired) electrons. The first-order valence-electron chi connectivity index (χ1n) is 6.81. The lowest BCUT2D eigenvalue weighted by Crippen LogP contribution is -2.14. The van der Waals surface area contributed by atoms with E-state index in [1.54, 1.807) is 51.8 Å². The molecule has 0 aliphatic heterocycles. The summed E-state index contributed by atoms with van der Waals surface area (Å²) in [6, 6.07) is 6.96. The monoisotopic (exact) mass is 353 g/mol. The van der Waals surface area contributed by atoms with E-state index in [1.807, 2.05) is 0 Å². The Morgan fingerprint density at radius 2 is 1.75 bits per heavy atom. The number of hydrogen-bond donors (Lipinski definition) is 2. The lowest BCUT2D eigenvalue weighted by atomic mass is 10.2. The molecule has 7 nitrogen and oxygen atoms in total. The second-order valence-electron chi connectivity index (χ2n) is 4.59. The second-order valence-corrected chi connectivity index (χ2v) is 4.59. The fraction of sp³-hybridized carbons (Fsp3) is 0.250. The molecule has 1 aromatic carbocycles. The maximum absolute atomic E-state index is 7.54. The van der Waals surface area contributed by atoms with Gasteiger partial charge in [0, 0.05) is 6.20 Å². The van der Waals surface area contributed by atoms with Crippen LogP contribution >= 0.6 is 12.4 Å². The summed E-state index contributed by atoms with van der Waals surface area (Å²) >= 11 is 0. The number of ether oxygens (including phenoxy) is 4. The number of nitrogens with one attached hydrogen (secondary N) is 1. The van der Waals surface area contributed by atoms with Crippen LogP contribution in [0.4, 0.5) is 0 Å². The Hall–Kier alpha value is -2.67. The first-order valence-corrected chi connectivity index (χ1v) is 6.81. The molecule has 0 bridgehead atoms. The van der Waals surface area contributed by atoms with Gasteiger partial charge in [-0.15, -0.1) is 12.4 Å². The molecular formula is C16H20ClN3O4. The topological polar surface area (TPSA) is 99.7 Å². The van der Waals surface area contributed by atoms with Gasteiger partial charge in [-0.2, -0.15) is 0 Å². The summed E-state index contributed by atoms with van der Waals surface area (Å²) in [4.78, 5) is 4.10. The van der Waals surface area contributed by atoms with Crippen LogP contribution in [-0.2, 0) is 6.61 Å². The average Bonchev–Trinajstić information content (AvgIpc) is 2.58. The van der Waals surface area contributed by atoms with Crippen molar-refractivity contribution in [3.05, 3.63) is 41.6 Å². The summed E-state index contributed by atoms with van der Waals surface area (Å²) < 4.78 is 21.6. The summed E-state index contributed by atoms with van der Waals surface area (Å²) in [5.41, 5.74) is 6.77. The number of halogens is 1. The highest BCUT2D eigenvalue weighted by molar-refractivity contribution is 5.96. The second kappa shape index (κ2) is 8.83. The number of nitrogen functional groups attached to an aromatic ring is 1. The van der Waals surface area contributed by atoms with Gasteiger partial charge in [-0.3, -0.25) is 5.41 Å². The average molecular weight is 354 g/mol. The van der Waals surface area contributed by atoms with E-state index in [1.165, 1.54) is 0 Å². The standard InChI is InChI=1S/C16H19N3O4.ClH/c1-20-12-7-10(8-13(21-2)14(12)22-3)9-23-16-11(15(17)18)5-4-6-19-16;/h4-8H,9H2,1-3H3,(H3,17,18);1H. The van der Waals surface area contributed by atoms with E-state index in [9.17, 15) is 0 Å². The van der Waals surface area contributed by atoms with E-state index in [4.69, 9.17) is 30.1 Å². The van der Waals surface area contributed by atoms with Crippen molar-refractivity contribution in [1.82, 2.24) is 4.98 Å². The van der Waals surface area contributed by atoms with Crippen LogP contribution in [0, 0.1) is 5.41 Å². The molecule has 0 atom stereocenters. The number of rotatable bonds is 7. The minimum absolute atomic E-state index is 0. The first kappa shape index (κ1) is 19.4. The molecule has 2 rings (SSSR count). The lowest BCUT2D eigenvalue weighted by molar-refractivity contribution is 0.288. The van der Waals surface area contributed by atoms with Gasteiger partial charge in [-0.1, -0.05) is 0 Å². The van der Waals surface area contributed by atoms with Gasteiger partial charge in [0.1, 0.15) is 12.4 Å². The van der Waals surface area contributed by atoms with Gasteiger partial charge in [-0.25, -0.2) is 4.98 Å². The van der Waals surface area contributed by atoms with Crippen LogP contribution < -0.4 is 24.7 Å². The molecule has 1 heterocycles. The molecule has 0 fully saturated rings. The Kier molecular flexibility index (Phi) is 7.13. The highest BCUT2D eigenvalue weighted by Gasteiger charge is 2.14. The molecule has 1 aromatic heterocycles. The minimum atomic E-state index is -0.0991. The van der Waals surface area contributed by atoms with Crippen LogP contribution in [0.3, 0.4) is 0 Å². The van der Waals surface area contributed by atoms with Crippen molar-refractivity contribution in [1.29, 1.82) is 5.41 Å². The quantitative estimate of drug-likeness (QED) is 0.585. The fourth-order valence-electron chi connectivity index (χ4n) is 2.08. The number of aromatic nitrogens is 1. The number of nitrogens with zero attached hydrogens (tertiary/aromatic N) is 1. The number of amidine groups is 1. The van der Waals surface area contributed by atoms with E-state index in [0.717, 1.165) is 5.56 Å². The predicted octanol–water partition coefficient (Wildman–Crippen LogP) is 2.39. The Balaban J connectivity index is 0.00000288. The van der Waals surface area contributed by atoms with Crippen molar-refractivity contribution >= 4 is 18.2 Å². The van der Waals surface area contributed by atoms with Gasteiger partial charge in [0.25, 0.3) is 0 Å². The van der Waals surface area contributed by atoms with Crippen LogP contribution in [-0.4, -0.2) is 32.1 Å². The molecule has 24 heavy (non-hydrogen) atoms. The zero-order chi connectivity index (χ0) is 16.8. The van der Waals surface area contributed by atoms with Crippen LogP contribution in [0.25, 0.3) is 0 Å². The summed E-state index contributed by atoms with van der Waals surface area (Å²) in [5.74, 6) is 1.80. The zero-order valence-corrected chi connectivity index (χ0v) is 14.5. The molecule has 2 aromatic rings. The number of pyridine rings is 1.